The van der Waals surface area contributed by atoms with E-state index in [1.165, 1.54) is 19.5 Å². The molecule has 0 aromatic heterocycles. The van der Waals surface area contributed by atoms with Crippen LogP contribution in [-0.4, -0.2) is 37.0 Å². The second kappa shape index (κ2) is 10.2. The molecular formula is C21H31N3O. The predicted molar refractivity (Wildman–Crippen MR) is 101 cm³/mol. The lowest BCUT2D eigenvalue weighted by Gasteiger charge is -2.34. The van der Waals surface area contributed by atoms with Crippen LogP contribution in [0.5, 0.6) is 0 Å². The van der Waals surface area contributed by atoms with Crippen molar-refractivity contribution in [3.63, 3.8) is 0 Å². The first-order valence-corrected chi connectivity index (χ1v) is 9.55. The van der Waals surface area contributed by atoms with Crippen LogP contribution in [0.1, 0.15) is 50.7 Å². The maximum Gasteiger partial charge on any atom is 0.220 e. The van der Waals surface area contributed by atoms with Gasteiger partial charge in [0.15, 0.2) is 0 Å². The summed E-state index contributed by atoms with van der Waals surface area (Å²) in [6.07, 6.45) is 4.77. The third kappa shape index (κ3) is 7.27. The minimum Gasteiger partial charge on any atom is -0.356 e. The van der Waals surface area contributed by atoms with Gasteiger partial charge in [0.1, 0.15) is 0 Å². The van der Waals surface area contributed by atoms with Crippen molar-refractivity contribution < 1.29 is 4.79 Å². The van der Waals surface area contributed by atoms with Crippen molar-refractivity contribution in [1.82, 2.24) is 10.2 Å². The summed E-state index contributed by atoms with van der Waals surface area (Å²) in [7, 11) is 0. The molecule has 0 spiro atoms. The lowest BCUT2D eigenvalue weighted by atomic mass is 9.92. The third-order valence-electron chi connectivity index (χ3n) is 4.89. The molecule has 0 bridgehead atoms. The van der Waals surface area contributed by atoms with E-state index in [4.69, 9.17) is 5.26 Å². The molecule has 4 nitrogen and oxygen atoms in total. The van der Waals surface area contributed by atoms with Crippen LogP contribution in [-0.2, 0) is 11.2 Å². The molecule has 25 heavy (non-hydrogen) atoms. The van der Waals surface area contributed by atoms with Crippen molar-refractivity contribution in [3.8, 4) is 6.07 Å². The molecule has 1 aromatic rings. The van der Waals surface area contributed by atoms with E-state index in [0.717, 1.165) is 49.8 Å². The second-order valence-corrected chi connectivity index (χ2v) is 7.57. The Morgan fingerprint density at radius 3 is 2.52 bits per heavy atom. The highest BCUT2D eigenvalue weighted by molar-refractivity contribution is 5.76. The molecule has 2 atom stereocenters. The number of carbonyl (C=O) groups is 1. The first-order valence-electron chi connectivity index (χ1n) is 9.55. The zero-order chi connectivity index (χ0) is 18.1. The van der Waals surface area contributed by atoms with Crippen molar-refractivity contribution in [1.29, 1.82) is 5.26 Å². The third-order valence-corrected chi connectivity index (χ3v) is 4.89. The Labute approximate surface area is 152 Å². The Balaban J connectivity index is 1.54. The van der Waals surface area contributed by atoms with E-state index in [0.29, 0.717) is 12.0 Å². The molecule has 0 aliphatic carbocycles. The quantitative estimate of drug-likeness (QED) is 0.738. The minimum absolute atomic E-state index is 0.115. The fourth-order valence-electron chi connectivity index (χ4n) is 3.76. The first-order chi connectivity index (χ1) is 12.1. The van der Waals surface area contributed by atoms with Gasteiger partial charge in [0.2, 0.25) is 5.91 Å². The molecule has 1 fully saturated rings. The smallest absolute Gasteiger partial charge is 0.220 e. The van der Waals surface area contributed by atoms with Gasteiger partial charge in [-0.3, -0.25) is 4.79 Å². The molecule has 2 rings (SSSR count). The summed E-state index contributed by atoms with van der Waals surface area (Å²) in [5, 5.41) is 11.8. The molecule has 4 heteroatoms. The van der Waals surface area contributed by atoms with E-state index in [9.17, 15) is 4.79 Å². The lowest BCUT2D eigenvalue weighted by molar-refractivity contribution is -0.121. The summed E-state index contributed by atoms with van der Waals surface area (Å²) in [6.45, 7) is 9.05. The fraction of sp³-hybridized carbons (Fsp3) is 0.619. The van der Waals surface area contributed by atoms with Crippen LogP contribution in [0, 0.1) is 23.2 Å². The standard InChI is InChI=1S/C21H31N3O/c1-17-13-18(2)16-24(15-17)12-4-3-11-23-21(25)10-9-19-5-7-20(14-22)8-6-19/h5-8,17-18H,3-4,9-13,15-16H2,1-2H3,(H,23,25)/t17-,18-/m1/s1. The highest BCUT2D eigenvalue weighted by atomic mass is 16.1. The number of nitrogens with one attached hydrogen (secondary N) is 1. The van der Waals surface area contributed by atoms with Gasteiger partial charge in [-0.2, -0.15) is 5.26 Å². The zero-order valence-electron chi connectivity index (χ0n) is 15.6. The van der Waals surface area contributed by atoms with Gasteiger partial charge in [-0.15, -0.1) is 0 Å². The summed E-state index contributed by atoms with van der Waals surface area (Å²) in [6, 6.07) is 9.55. The van der Waals surface area contributed by atoms with E-state index in [-0.39, 0.29) is 5.91 Å². The number of rotatable bonds is 8. The fourth-order valence-corrected chi connectivity index (χ4v) is 3.76. The van der Waals surface area contributed by atoms with Gasteiger partial charge < -0.3 is 10.2 Å². The van der Waals surface area contributed by atoms with Gasteiger partial charge in [-0.1, -0.05) is 26.0 Å². The Morgan fingerprint density at radius 2 is 1.88 bits per heavy atom. The minimum atomic E-state index is 0.115. The molecule has 0 radical (unpaired) electrons. The topological polar surface area (TPSA) is 56.1 Å². The van der Waals surface area contributed by atoms with Gasteiger partial charge in [0.25, 0.3) is 0 Å². The van der Waals surface area contributed by atoms with Gasteiger partial charge in [0.05, 0.1) is 11.6 Å². The van der Waals surface area contributed by atoms with E-state index in [2.05, 4.69) is 30.1 Å². The molecule has 1 aliphatic rings. The van der Waals surface area contributed by atoms with Crippen molar-refractivity contribution >= 4 is 5.91 Å². The largest absolute Gasteiger partial charge is 0.356 e. The number of nitrogens with zero attached hydrogens (tertiary/aromatic N) is 2. The van der Waals surface area contributed by atoms with E-state index in [1.807, 2.05) is 12.1 Å². The number of benzene rings is 1. The van der Waals surface area contributed by atoms with Gasteiger partial charge >= 0.3 is 0 Å². The number of piperidine rings is 1. The second-order valence-electron chi connectivity index (χ2n) is 7.57. The lowest BCUT2D eigenvalue weighted by Crippen LogP contribution is -2.39. The number of hydrogen-bond acceptors (Lipinski definition) is 3. The Bertz CT molecular complexity index is 566. The normalized spacial score (nSPS) is 20.8. The van der Waals surface area contributed by atoms with Crippen LogP contribution in [0.3, 0.4) is 0 Å². The molecule has 0 unspecified atom stereocenters. The predicted octanol–water partition coefficient (Wildman–Crippen LogP) is 3.37. The molecule has 1 saturated heterocycles. The number of likely N-dealkylation sites (tertiary alicyclic amines) is 1. The summed E-state index contributed by atoms with van der Waals surface area (Å²) in [4.78, 5) is 14.5. The maximum atomic E-state index is 11.9. The highest BCUT2D eigenvalue weighted by Crippen LogP contribution is 2.20. The van der Waals surface area contributed by atoms with Gasteiger partial charge in [-0.25, -0.2) is 0 Å². The summed E-state index contributed by atoms with van der Waals surface area (Å²) in [5.41, 5.74) is 1.76. The average Bonchev–Trinajstić information content (AvgIpc) is 2.59. The van der Waals surface area contributed by atoms with Gasteiger partial charge in [0, 0.05) is 26.1 Å². The van der Waals surface area contributed by atoms with Crippen molar-refractivity contribution in [2.45, 2.75) is 46.0 Å². The molecule has 136 valence electrons. The number of amides is 1. The first kappa shape index (κ1) is 19.5. The zero-order valence-corrected chi connectivity index (χ0v) is 15.6. The summed E-state index contributed by atoms with van der Waals surface area (Å²) >= 11 is 0. The molecule has 0 saturated carbocycles. The Hall–Kier alpha value is -1.86. The SMILES string of the molecule is C[C@@H]1C[C@@H](C)CN(CCCCNC(=O)CCc2ccc(C#N)cc2)C1. The Morgan fingerprint density at radius 1 is 1.20 bits per heavy atom. The number of nitriles is 1. The average molecular weight is 341 g/mol. The van der Waals surface area contributed by atoms with Crippen LogP contribution >= 0.6 is 0 Å². The molecule has 1 aliphatic heterocycles. The molecular weight excluding hydrogens is 310 g/mol. The van der Waals surface area contributed by atoms with Crippen LogP contribution in [0.4, 0.5) is 0 Å². The number of hydrogen-bond donors (Lipinski definition) is 1. The number of aryl methyl sites for hydroxylation is 1. The maximum absolute atomic E-state index is 11.9. The monoisotopic (exact) mass is 341 g/mol. The van der Waals surface area contributed by atoms with Crippen LogP contribution < -0.4 is 5.32 Å². The van der Waals surface area contributed by atoms with Crippen LogP contribution in [0.2, 0.25) is 0 Å². The van der Waals surface area contributed by atoms with Gasteiger partial charge in [-0.05, 0) is 61.8 Å². The molecule has 1 N–H and O–H groups in total. The molecule has 1 heterocycles. The highest BCUT2D eigenvalue weighted by Gasteiger charge is 2.20. The summed E-state index contributed by atoms with van der Waals surface area (Å²) < 4.78 is 0. The van der Waals surface area contributed by atoms with E-state index >= 15 is 0 Å². The van der Waals surface area contributed by atoms with Crippen LogP contribution in [0.25, 0.3) is 0 Å². The Kier molecular flexibility index (Phi) is 7.94. The van der Waals surface area contributed by atoms with E-state index in [1.54, 1.807) is 12.1 Å². The number of carbonyl (C=O) groups excluding carboxylic acids is 1. The van der Waals surface area contributed by atoms with Crippen LogP contribution in [0.15, 0.2) is 24.3 Å². The van der Waals surface area contributed by atoms with Crippen molar-refractivity contribution in [2.24, 2.45) is 11.8 Å². The molecule has 1 aromatic carbocycles. The number of unbranched alkanes of at least 4 members (excludes halogenated alkanes) is 1. The van der Waals surface area contributed by atoms with E-state index < -0.39 is 0 Å². The molecule has 1 amide bonds. The van der Waals surface area contributed by atoms with Crippen molar-refractivity contribution in [3.05, 3.63) is 35.4 Å². The summed E-state index contributed by atoms with van der Waals surface area (Å²) in [5.74, 6) is 1.74. The van der Waals surface area contributed by atoms with Crippen molar-refractivity contribution in [2.75, 3.05) is 26.2 Å².